The van der Waals surface area contributed by atoms with Crippen molar-refractivity contribution in [1.29, 1.82) is 0 Å². The van der Waals surface area contributed by atoms with Crippen molar-refractivity contribution < 1.29 is 14.3 Å². The van der Waals surface area contributed by atoms with Gasteiger partial charge in [0.15, 0.2) is 6.61 Å². The smallest absolute Gasteiger partial charge is 0.255 e. The fraction of sp³-hybridized carbons (Fsp3) is 0.364. The molecule has 29 heavy (non-hydrogen) atoms. The molecule has 0 radical (unpaired) electrons. The first-order chi connectivity index (χ1) is 14.0. The Morgan fingerprint density at radius 1 is 1.07 bits per heavy atom. The summed E-state index contributed by atoms with van der Waals surface area (Å²) < 4.78 is 5.22. The van der Waals surface area contributed by atoms with Gasteiger partial charge in [-0.25, -0.2) is 0 Å². The fourth-order valence-corrected chi connectivity index (χ4v) is 3.31. The summed E-state index contributed by atoms with van der Waals surface area (Å²) >= 11 is 0. The standard InChI is InChI=1S/C22H28N4O3/c1-17-3-2-4-19(13-17)26-11-9-25(10-12-26)15-22(28)24-14-18-5-7-20(8-6-18)29-16-21(23)27/h2-8,13H,9-12,14-16H2,1H3,(H2,23,27)(H,24,28). The summed E-state index contributed by atoms with van der Waals surface area (Å²) in [6.45, 7) is 6.39. The second kappa shape index (κ2) is 9.93. The number of amides is 2. The molecular weight excluding hydrogens is 368 g/mol. The molecule has 1 aliphatic rings. The number of piperazine rings is 1. The average Bonchev–Trinajstić information content (AvgIpc) is 2.72. The van der Waals surface area contributed by atoms with Gasteiger partial charge in [0.05, 0.1) is 6.54 Å². The molecule has 2 aromatic rings. The Morgan fingerprint density at radius 2 is 1.79 bits per heavy atom. The summed E-state index contributed by atoms with van der Waals surface area (Å²) in [7, 11) is 0. The Labute approximate surface area is 171 Å². The highest BCUT2D eigenvalue weighted by Gasteiger charge is 2.19. The number of primary amides is 1. The molecule has 3 N–H and O–H groups in total. The topological polar surface area (TPSA) is 87.9 Å². The molecule has 0 spiro atoms. The SMILES string of the molecule is Cc1cccc(N2CCN(CC(=O)NCc3ccc(OCC(N)=O)cc3)CC2)c1. The van der Waals surface area contributed by atoms with E-state index in [2.05, 4.69) is 46.3 Å². The second-order valence-corrected chi connectivity index (χ2v) is 7.28. The van der Waals surface area contributed by atoms with Crippen molar-refractivity contribution in [1.82, 2.24) is 10.2 Å². The van der Waals surface area contributed by atoms with Crippen LogP contribution in [0.2, 0.25) is 0 Å². The van der Waals surface area contributed by atoms with Crippen LogP contribution in [0.3, 0.4) is 0 Å². The maximum absolute atomic E-state index is 12.3. The largest absolute Gasteiger partial charge is 0.484 e. The van der Waals surface area contributed by atoms with Crippen molar-refractivity contribution >= 4 is 17.5 Å². The van der Waals surface area contributed by atoms with Crippen LogP contribution in [0.1, 0.15) is 11.1 Å². The highest BCUT2D eigenvalue weighted by Crippen LogP contribution is 2.17. The number of nitrogens with two attached hydrogens (primary N) is 1. The van der Waals surface area contributed by atoms with Gasteiger partial charge >= 0.3 is 0 Å². The third-order valence-corrected chi connectivity index (χ3v) is 4.90. The summed E-state index contributed by atoms with van der Waals surface area (Å²) in [5, 5.41) is 2.96. The van der Waals surface area contributed by atoms with Crippen LogP contribution in [-0.2, 0) is 16.1 Å². The molecule has 1 saturated heterocycles. The molecule has 0 aromatic heterocycles. The molecule has 154 valence electrons. The van der Waals surface area contributed by atoms with Crippen molar-refractivity contribution in [2.45, 2.75) is 13.5 Å². The molecule has 2 amide bonds. The van der Waals surface area contributed by atoms with Gasteiger partial charge in [-0.1, -0.05) is 24.3 Å². The third-order valence-electron chi connectivity index (χ3n) is 4.90. The van der Waals surface area contributed by atoms with E-state index in [1.165, 1.54) is 11.3 Å². The Kier molecular flexibility index (Phi) is 7.08. The number of hydrogen-bond acceptors (Lipinski definition) is 5. The first-order valence-corrected chi connectivity index (χ1v) is 9.80. The zero-order chi connectivity index (χ0) is 20.6. The zero-order valence-corrected chi connectivity index (χ0v) is 16.8. The zero-order valence-electron chi connectivity index (χ0n) is 16.8. The summed E-state index contributed by atoms with van der Waals surface area (Å²) in [5.41, 5.74) is 8.53. The van der Waals surface area contributed by atoms with Gasteiger partial charge < -0.3 is 20.7 Å². The van der Waals surface area contributed by atoms with Gasteiger partial charge in [-0.2, -0.15) is 0 Å². The van der Waals surface area contributed by atoms with Crippen LogP contribution in [0.5, 0.6) is 5.75 Å². The molecule has 1 heterocycles. The van der Waals surface area contributed by atoms with Crippen molar-refractivity contribution in [2.75, 3.05) is 44.2 Å². The lowest BCUT2D eigenvalue weighted by molar-refractivity contribution is -0.122. The highest BCUT2D eigenvalue weighted by atomic mass is 16.5. The molecule has 0 aliphatic carbocycles. The monoisotopic (exact) mass is 396 g/mol. The Bertz CT molecular complexity index is 830. The lowest BCUT2D eigenvalue weighted by atomic mass is 10.2. The summed E-state index contributed by atoms with van der Waals surface area (Å²) in [5.74, 6) is 0.0782. The molecular formula is C22H28N4O3. The van der Waals surface area contributed by atoms with E-state index >= 15 is 0 Å². The minimum absolute atomic E-state index is 0.0167. The predicted octanol–water partition coefficient (Wildman–Crippen LogP) is 1.30. The molecule has 7 heteroatoms. The van der Waals surface area contributed by atoms with E-state index in [-0.39, 0.29) is 12.5 Å². The molecule has 1 aliphatic heterocycles. The average molecular weight is 396 g/mol. The quantitative estimate of drug-likeness (QED) is 0.702. The van der Waals surface area contributed by atoms with E-state index in [0.29, 0.717) is 18.8 Å². The first kappa shape index (κ1) is 20.7. The van der Waals surface area contributed by atoms with E-state index < -0.39 is 5.91 Å². The van der Waals surface area contributed by atoms with Gasteiger partial charge in [-0.05, 0) is 42.3 Å². The number of benzene rings is 2. The third kappa shape index (κ3) is 6.50. The number of anilines is 1. The van der Waals surface area contributed by atoms with Gasteiger partial charge in [0, 0.05) is 38.4 Å². The summed E-state index contributed by atoms with van der Waals surface area (Å²) in [6, 6.07) is 15.8. The fourth-order valence-electron chi connectivity index (χ4n) is 3.31. The number of nitrogens with one attached hydrogen (secondary N) is 1. The van der Waals surface area contributed by atoms with E-state index in [9.17, 15) is 9.59 Å². The minimum Gasteiger partial charge on any atom is -0.484 e. The van der Waals surface area contributed by atoms with E-state index in [4.69, 9.17) is 10.5 Å². The Balaban J connectivity index is 1.38. The van der Waals surface area contributed by atoms with Gasteiger partial charge in [0.1, 0.15) is 5.75 Å². The molecule has 0 unspecified atom stereocenters. The second-order valence-electron chi connectivity index (χ2n) is 7.28. The molecule has 0 saturated carbocycles. The molecule has 0 bridgehead atoms. The van der Waals surface area contributed by atoms with Crippen molar-refractivity contribution in [2.24, 2.45) is 5.73 Å². The number of ether oxygens (including phenoxy) is 1. The highest BCUT2D eigenvalue weighted by molar-refractivity contribution is 5.78. The van der Waals surface area contributed by atoms with Crippen LogP contribution in [-0.4, -0.2) is 56.0 Å². The number of rotatable bonds is 8. The predicted molar refractivity (Wildman–Crippen MR) is 113 cm³/mol. The number of carbonyl (C=O) groups excluding carboxylic acids is 2. The lowest BCUT2D eigenvalue weighted by Crippen LogP contribution is -2.49. The lowest BCUT2D eigenvalue weighted by Gasteiger charge is -2.35. The molecule has 0 atom stereocenters. The number of carbonyl (C=O) groups is 2. The number of aryl methyl sites for hydroxylation is 1. The number of hydrogen-bond donors (Lipinski definition) is 2. The van der Waals surface area contributed by atoms with Gasteiger partial charge in [0.25, 0.3) is 5.91 Å². The van der Waals surface area contributed by atoms with Gasteiger partial charge in [0.2, 0.25) is 5.91 Å². The van der Waals surface area contributed by atoms with Crippen molar-refractivity contribution in [3.63, 3.8) is 0 Å². The molecule has 1 fully saturated rings. The van der Waals surface area contributed by atoms with E-state index in [0.717, 1.165) is 31.7 Å². The van der Waals surface area contributed by atoms with Crippen LogP contribution >= 0.6 is 0 Å². The normalized spacial score (nSPS) is 14.4. The minimum atomic E-state index is -0.513. The van der Waals surface area contributed by atoms with Crippen LogP contribution in [0.15, 0.2) is 48.5 Å². The number of nitrogens with zero attached hydrogens (tertiary/aromatic N) is 2. The maximum Gasteiger partial charge on any atom is 0.255 e. The molecule has 7 nitrogen and oxygen atoms in total. The Hall–Kier alpha value is -3.06. The molecule has 2 aromatic carbocycles. The van der Waals surface area contributed by atoms with Crippen LogP contribution in [0, 0.1) is 6.92 Å². The van der Waals surface area contributed by atoms with Crippen LogP contribution in [0.4, 0.5) is 5.69 Å². The summed E-state index contributed by atoms with van der Waals surface area (Å²) in [4.78, 5) is 27.6. The maximum atomic E-state index is 12.3. The first-order valence-electron chi connectivity index (χ1n) is 9.80. The van der Waals surface area contributed by atoms with Crippen molar-refractivity contribution in [3.8, 4) is 5.75 Å². The summed E-state index contributed by atoms with van der Waals surface area (Å²) in [6.07, 6.45) is 0. The van der Waals surface area contributed by atoms with Gasteiger partial charge in [-0.15, -0.1) is 0 Å². The Morgan fingerprint density at radius 3 is 2.45 bits per heavy atom. The van der Waals surface area contributed by atoms with E-state index in [1.807, 2.05) is 12.1 Å². The van der Waals surface area contributed by atoms with Crippen molar-refractivity contribution in [3.05, 3.63) is 59.7 Å². The molecule has 3 rings (SSSR count). The van der Waals surface area contributed by atoms with E-state index in [1.54, 1.807) is 12.1 Å². The van der Waals surface area contributed by atoms with Gasteiger partial charge in [-0.3, -0.25) is 14.5 Å². The van der Waals surface area contributed by atoms with Crippen LogP contribution in [0.25, 0.3) is 0 Å². The van der Waals surface area contributed by atoms with Crippen LogP contribution < -0.4 is 20.7 Å².